The fraction of sp³-hybridized carbons (Fsp3) is 0.276. The minimum absolute atomic E-state index is 0.375. The molecular weight excluding hydrogens is 468 g/mol. The Morgan fingerprint density at radius 1 is 0.973 bits per heavy atom. The Balaban J connectivity index is 1.52. The van der Waals surface area contributed by atoms with E-state index in [4.69, 9.17) is 4.74 Å². The number of para-hydroxylation sites is 2. The highest BCUT2D eigenvalue weighted by atomic mass is 16.6. The molecule has 1 aliphatic rings. The summed E-state index contributed by atoms with van der Waals surface area (Å²) in [5, 5.41) is 7.09. The largest absolute Gasteiger partial charge is 0.444 e. The SMILES string of the molecule is Cc1[nH]c2ccccc2c1C1=C(c2cn(CCCNC(=O)OC(C)(C)C)c3ccccc23)C(=O)NC1=O. The van der Waals surface area contributed by atoms with Gasteiger partial charge in [-0.05, 0) is 46.2 Å². The van der Waals surface area contributed by atoms with E-state index in [9.17, 15) is 14.4 Å². The second kappa shape index (κ2) is 9.28. The van der Waals surface area contributed by atoms with Crippen molar-refractivity contribution in [2.75, 3.05) is 6.54 Å². The van der Waals surface area contributed by atoms with Crippen molar-refractivity contribution in [3.8, 4) is 0 Å². The number of aryl methyl sites for hydroxylation is 2. The van der Waals surface area contributed by atoms with Crippen LogP contribution in [0.3, 0.4) is 0 Å². The molecule has 0 bridgehead atoms. The number of aromatic nitrogens is 2. The van der Waals surface area contributed by atoms with Gasteiger partial charge in [0.15, 0.2) is 0 Å². The van der Waals surface area contributed by atoms with Crippen LogP contribution in [-0.4, -0.2) is 39.6 Å². The van der Waals surface area contributed by atoms with Crippen LogP contribution in [0, 0.1) is 6.92 Å². The number of benzene rings is 2. The summed E-state index contributed by atoms with van der Waals surface area (Å²) in [7, 11) is 0. The summed E-state index contributed by atoms with van der Waals surface area (Å²) in [6.07, 6.45) is 2.14. The number of hydrogen-bond donors (Lipinski definition) is 3. The van der Waals surface area contributed by atoms with E-state index in [1.807, 2.05) is 82.4 Å². The number of rotatable bonds is 6. The van der Waals surface area contributed by atoms with Gasteiger partial charge in [0.05, 0.1) is 11.1 Å². The number of carbonyl (C=O) groups excluding carboxylic acids is 3. The lowest BCUT2D eigenvalue weighted by molar-refractivity contribution is -0.122. The molecule has 0 aliphatic carbocycles. The van der Waals surface area contributed by atoms with E-state index in [1.54, 1.807) is 0 Å². The van der Waals surface area contributed by atoms with Crippen LogP contribution >= 0.6 is 0 Å². The molecule has 0 saturated carbocycles. The third-order valence-corrected chi connectivity index (χ3v) is 6.38. The van der Waals surface area contributed by atoms with Gasteiger partial charge in [-0.3, -0.25) is 14.9 Å². The van der Waals surface area contributed by atoms with E-state index in [2.05, 4.69) is 20.2 Å². The highest BCUT2D eigenvalue weighted by molar-refractivity contribution is 6.51. The Labute approximate surface area is 214 Å². The Morgan fingerprint density at radius 2 is 1.65 bits per heavy atom. The molecule has 0 atom stereocenters. The zero-order chi connectivity index (χ0) is 26.3. The van der Waals surface area contributed by atoms with E-state index in [0.29, 0.717) is 36.2 Å². The van der Waals surface area contributed by atoms with Crippen molar-refractivity contribution < 1.29 is 19.1 Å². The quantitative estimate of drug-likeness (QED) is 0.259. The van der Waals surface area contributed by atoms with Crippen molar-refractivity contribution >= 4 is 50.9 Å². The van der Waals surface area contributed by atoms with Gasteiger partial charge in [-0.25, -0.2) is 4.79 Å². The fourth-order valence-corrected chi connectivity index (χ4v) is 4.93. The first kappa shape index (κ1) is 24.4. The summed E-state index contributed by atoms with van der Waals surface area (Å²) in [4.78, 5) is 41.6. The second-order valence-corrected chi connectivity index (χ2v) is 10.2. The average molecular weight is 499 g/mol. The fourth-order valence-electron chi connectivity index (χ4n) is 4.93. The van der Waals surface area contributed by atoms with Crippen LogP contribution in [0.25, 0.3) is 33.0 Å². The summed E-state index contributed by atoms with van der Waals surface area (Å²) in [5.74, 6) is -0.801. The molecule has 4 aromatic rings. The smallest absolute Gasteiger partial charge is 0.407 e. The Hall–Kier alpha value is -4.33. The van der Waals surface area contributed by atoms with Crippen LogP contribution in [0.5, 0.6) is 0 Å². The lowest BCUT2D eigenvalue weighted by atomic mass is 9.94. The summed E-state index contributed by atoms with van der Waals surface area (Å²) >= 11 is 0. The summed E-state index contributed by atoms with van der Waals surface area (Å²) in [6.45, 7) is 8.44. The molecule has 0 spiro atoms. The van der Waals surface area contributed by atoms with Crippen molar-refractivity contribution in [1.82, 2.24) is 20.2 Å². The van der Waals surface area contributed by atoms with E-state index in [0.717, 1.165) is 33.1 Å². The van der Waals surface area contributed by atoms with Gasteiger partial charge in [0.2, 0.25) is 0 Å². The van der Waals surface area contributed by atoms with Crippen LogP contribution in [0.2, 0.25) is 0 Å². The Bertz CT molecular complexity index is 1580. The Morgan fingerprint density at radius 3 is 2.41 bits per heavy atom. The van der Waals surface area contributed by atoms with E-state index in [-0.39, 0.29) is 0 Å². The van der Waals surface area contributed by atoms with Gasteiger partial charge in [-0.1, -0.05) is 36.4 Å². The van der Waals surface area contributed by atoms with Crippen molar-refractivity contribution in [3.05, 3.63) is 71.5 Å². The average Bonchev–Trinajstić information content (AvgIpc) is 3.45. The first-order chi connectivity index (χ1) is 17.6. The number of H-pyrrole nitrogens is 1. The van der Waals surface area contributed by atoms with Crippen LogP contribution in [-0.2, 0) is 20.9 Å². The predicted octanol–water partition coefficient (Wildman–Crippen LogP) is 4.91. The van der Waals surface area contributed by atoms with Gasteiger partial charge in [-0.2, -0.15) is 0 Å². The maximum Gasteiger partial charge on any atom is 0.407 e. The lowest BCUT2D eigenvalue weighted by Crippen LogP contribution is -2.33. The highest BCUT2D eigenvalue weighted by Crippen LogP contribution is 2.39. The minimum atomic E-state index is -0.552. The number of fused-ring (bicyclic) bond motifs is 2. The molecule has 2 aromatic heterocycles. The van der Waals surface area contributed by atoms with Gasteiger partial charge >= 0.3 is 6.09 Å². The monoisotopic (exact) mass is 498 g/mol. The molecule has 3 amide bonds. The lowest BCUT2D eigenvalue weighted by Gasteiger charge is -2.19. The highest BCUT2D eigenvalue weighted by Gasteiger charge is 2.35. The van der Waals surface area contributed by atoms with Crippen LogP contribution in [0.4, 0.5) is 4.79 Å². The standard InChI is InChI=1S/C29H30N4O4/c1-17-23(19-11-5-7-12-21(19)31-17)25-24(26(34)32-27(25)35)20-16-33(22-13-8-6-10-18(20)22)15-9-14-30-28(36)37-29(2,3)4/h5-8,10-13,16,31H,9,14-15H2,1-4H3,(H,30,36)(H,32,34,35). The first-order valence-corrected chi connectivity index (χ1v) is 12.4. The van der Waals surface area contributed by atoms with Crippen molar-refractivity contribution in [2.45, 2.75) is 46.3 Å². The minimum Gasteiger partial charge on any atom is -0.444 e. The van der Waals surface area contributed by atoms with Crippen molar-refractivity contribution in [2.24, 2.45) is 0 Å². The molecule has 0 radical (unpaired) electrons. The third kappa shape index (κ3) is 4.62. The molecule has 8 nitrogen and oxygen atoms in total. The molecular formula is C29H30N4O4. The third-order valence-electron chi connectivity index (χ3n) is 6.38. The van der Waals surface area contributed by atoms with Gasteiger partial charge in [0.1, 0.15) is 5.60 Å². The number of ether oxygens (including phenoxy) is 1. The molecule has 37 heavy (non-hydrogen) atoms. The molecule has 1 aliphatic heterocycles. The molecule has 0 unspecified atom stereocenters. The number of nitrogens with one attached hydrogen (secondary N) is 3. The number of nitrogens with zero attached hydrogens (tertiary/aromatic N) is 1. The van der Waals surface area contributed by atoms with Gasteiger partial charge in [0, 0.05) is 57.9 Å². The van der Waals surface area contributed by atoms with Gasteiger partial charge in [-0.15, -0.1) is 0 Å². The summed E-state index contributed by atoms with van der Waals surface area (Å²) < 4.78 is 7.36. The van der Waals surface area contributed by atoms with Crippen molar-refractivity contribution in [1.29, 1.82) is 0 Å². The number of carbonyl (C=O) groups is 3. The number of amides is 3. The molecule has 5 rings (SSSR count). The number of imide groups is 1. The number of alkyl carbamates (subject to hydrolysis) is 1. The van der Waals surface area contributed by atoms with E-state index < -0.39 is 23.5 Å². The first-order valence-electron chi connectivity index (χ1n) is 12.4. The van der Waals surface area contributed by atoms with Crippen LogP contribution in [0.15, 0.2) is 54.7 Å². The number of aromatic amines is 1. The normalized spacial score (nSPS) is 14.1. The molecule has 3 N–H and O–H groups in total. The molecule has 8 heteroatoms. The maximum atomic E-state index is 13.2. The number of hydrogen-bond acceptors (Lipinski definition) is 4. The maximum absolute atomic E-state index is 13.2. The zero-order valence-corrected chi connectivity index (χ0v) is 21.4. The molecule has 3 heterocycles. The Kier molecular flexibility index (Phi) is 6.11. The summed E-state index contributed by atoms with van der Waals surface area (Å²) in [5.41, 5.74) is 4.35. The van der Waals surface area contributed by atoms with Gasteiger partial charge in [0.25, 0.3) is 11.8 Å². The molecule has 0 saturated heterocycles. The van der Waals surface area contributed by atoms with E-state index >= 15 is 0 Å². The molecule has 2 aromatic carbocycles. The van der Waals surface area contributed by atoms with Crippen LogP contribution in [0.1, 0.15) is 44.0 Å². The molecule has 190 valence electrons. The molecule has 0 fully saturated rings. The van der Waals surface area contributed by atoms with E-state index in [1.165, 1.54) is 0 Å². The van der Waals surface area contributed by atoms with Crippen molar-refractivity contribution in [3.63, 3.8) is 0 Å². The second-order valence-electron chi connectivity index (χ2n) is 10.2. The summed E-state index contributed by atoms with van der Waals surface area (Å²) in [6, 6.07) is 15.6. The zero-order valence-electron chi connectivity index (χ0n) is 21.4. The van der Waals surface area contributed by atoms with Gasteiger partial charge < -0.3 is 19.6 Å². The predicted molar refractivity (Wildman–Crippen MR) is 144 cm³/mol. The van der Waals surface area contributed by atoms with Crippen LogP contribution < -0.4 is 10.6 Å². The topological polar surface area (TPSA) is 105 Å².